The molecule has 1 unspecified atom stereocenters. The average Bonchev–Trinajstić information content (AvgIpc) is 2.83. The first-order valence-electron chi connectivity index (χ1n) is 6.63. The minimum Gasteiger partial charge on any atom is -0.467 e. The van der Waals surface area contributed by atoms with E-state index in [4.69, 9.17) is 4.42 Å². The molecule has 1 heterocycles. The van der Waals surface area contributed by atoms with Crippen LogP contribution in [0, 0.1) is 5.41 Å². The van der Waals surface area contributed by atoms with Crippen molar-refractivity contribution in [3.63, 3.8) is 0 Å². The van der Waals surface area contributed by atoms with Crippen LogP contribution in [0.2, 0.25) is 0 Å². The molecule has 4 nitrogen and oxygen atoms in total. The molecule has 2 N–H and O–H groups in total. The fourth-order valence-electron chi connectivity index (χ4n) is 2.19. The molecule has 1 aromatic heterocycles. The van der Waals surface area contributed by atoms with E-state index in [1.54, 1.807) is 6.26 Å². The highest BCUT2D eigenvalue weighted by molar-refractivity contribution is 5.81. The van der Waals surface area contributed by atoms with Gasteiger partial charge in [0.25, 0.3) is 0 Å². The van der Waals surface area contributed by atoms with Gasteiger partial charge >= 0.3 is 0 Å². The lowest BCUT2D eigenvalue weighted by Gasteiger charge is -2.39. The number of hydrogen-bond acceptors (Lipinski definition) is 3. The quantitative estimate of drug-likeness (QED) is 0.812. The molecule has 0 aromatic carbocycles. The summed E-state index contributed by atoms with van der Waals surface area (Å²) in [5, 5.41) is 6.17. The summed E-state index contributed by atoms with van der Waals surface area (Å²) in [6, 6.07) is 3.52. The highest BCUT2D eigenvalue weighted by atomic mass is 16.3. The van der Waals surface area contributed by atoms with Crippen molar-refractivity contribution in [2.24, 2.45) is 5.41 Å². The Labute approximate surface area is 108 Å². The summed E-state index contributed by atoms with van der Waals surface area (Å²) >= 11 is 0. The zero-order valence-electron chi connectivity index (χ0n) is 11.2. The Morgan fingerprint density at radius 2 is 2.33 bits per heavy atom. The highest BCUT2D eigenvalue weighted by Crippen LogP contribution is 2.39. The maximum absolute atomic E-state index is 11.8. The normalized spacial score (nSPS) is 19.0. The van der Waals surface area contributed by atoms with E-state index < -0.39 is 0 Å². The van der Waals surface area contributed by atoms with E-state index in [2.05, 4.69) is 17.6 Å². The second-order valence-electron chi connectivity index (χ2n) is 5.56. The van der Waals surface area contributed by atoms with E-state index in [0.29, 0.717) is 12.0 Å². The first kappa shape index (κ1) is 13.1. The monoisotopic (exact) mass is 250 g/mol. The lowest BCUT2D eigenvalue weighted by atomic mass is 9.70. The van der Waals surface area contributed by atoms with E-state index >= 15 is 0 Å². The number of hydrogen-bond donors (Lipinski definition) is 2. The maximum atomic E-state index is 11.8. The summed E-state index contributed by atoms with van der Waals surface area (Å²) < 4.78 is 5.17. The molecule has 4 heteroatoms. The van der Waals surface area contributed by atoms with Gasteiger partial charge in [0.15, 0.2) is 0 Å². The van der Waals surface area contributed by atoms with Crippen molar-refractivity contribution in [3.05, 3.63) is 24.2 Å². The molecule has 1 aliphatic rings. The van der Waals surface area contributed by atoms with Crippen LogP contribution in [0.1, 0.15) is 38.9 Å². The van der Waals surface area contributed by atoms with Gasteiger partial charge in [-0.1, -0.05) is 13.3 Å². The summed E-state index contributed by atoms with van der Waals surface area (Å²) in [6.07, 6.45) is 5.46. The van der Waals surface area contributed by atoms with E-state index in [1.807, 2.05) is 19.1 Å². The van der Waals surface area contributed by atoms with Crippen LogP contribution >= 0.6 is 0 Å². The molecule has 2 rings (SSSR count). The van der Waals surface area contributed by atoms with Crippen LogP contribution < -0.4 is 10.6 Å². The van der Waals surface area contributed by atoms with E-state index in [-0.39, 0.29) is 11.9 Å². The molecule has 0 radical (unpaired) electrons. The molecule has 0 spiro atoms. The molecule has 18 heavy (non-hydrogen) atoms. The fraction of sp³-hybridized carbons (Fsp3) is 0.643. The number of amides is 1. The molecule has 1 amide bonds. The Morgan fingerprint density at radius 1 is 1.56 bits per heavy atom. The zero-order valence-corrected chi connectivity index (χ0v) is 11.2. The predicted molar refractivity (Wildman–Crippen MR) is 70.0 cm³/mol. The lowest BCUT2D eigenvalue weighted by Crippen LogP contribution is -2.47. The van der Waals surface area contributed by atoms with E-state index in [1.165, 1.54) is 19.3 Å². The summed E-state index contributed by atoms with van der Waals surface area (Å²) in [5.74, 6) is 0.802. The molecule has 100 valence electrons. The van der Waals surface area contributed by atoms with Gasteiger partial charge in [-0.2, -0.15) is 0 Å². The standard InChI is InChI=1S/C14H22N2O2/c1-11(16-10-14(2)6-4-7-14)13(17)15-9-12-5-3-8-18-12/h3,5,8,11,16H,4,6-7,9-10H2,1-2H3,(H,15,17). The third kappa shape index (κ3) is 3.35. The molecule has 1 saturated carbocycles. The Bertz CT molecular complexity index is 383. The lowest BCUT2D eigenvalue weighted by molar-refractivity contribution is -0.123. The van der Waals surface area contributed by atoms with Gasteiger partial charge in [-0.3, -0.25) is 4.79 Å². The summed E-state index contributed by atoms with van der Waals surface area (Å²) in [5.41, 5.74) is 0.398. The van der Waals surface area contributed by atoms with Crippen LogP contribution in [-0.2, 0) is 11.3 Å². The number of carbonyl (C=O) groups is 1. The van der Waals surface area contributed by atoms with Gasteiger partial charge in [0.1, 0.15) is 5.76 Å². The minimum atomic E-state index is -0.155. The number of carbonyl (C=O) groups excluding carboxylic acids is 1. The van der Waals surface area contributed by atoms with Gasteiger partial charge in [0, 0.05) is 6.54 Å². The Balaban J connectivity index is 1.68. The Kier molecular flexibility index (Phi) is 4.07. The van der Waals surface area contributed by atoms with Crippen molar-refractivity contribution in [2.45, 2.75) is 45.7 Å². The van der Waals surface area contributed by atoms with E-state index in [9.17, 15) is 4.79 Å². The van der Waals surface area contributed by atoms with E-state index in [0.717, 1.165) is 12.3 Å². The molecule has 1 fully saturated rings. The van der Waals surface area contributed by atoms with Crippen LogP contribution in [0.3, 0.4) is 0 Å². The molecule has 0 bridgehead atoms. The van der Waals surface area contributed by atoms with Gasteiger partial charge in [0.05, 0.1) is 18.8 Å². The van der Waals surface area contributed by atoms with Gasteiger partial charge in [-0.15, -0.1) is 0 Å². The molecule has 0 aliphatic heterocycles. The van der Waals surface area contributed by atoms with Crippen molar-refractivity contribution in [1.29, 1.82) is 0 Å². The van der Waals surface area contributed by atoms with Crippen LogP contribution in [0.5, 0.6) is 0 Å². The predicted octanol–water partition coefficient (Wildman–Crippen LogP) is 2.06. The summed E-state index contributed by atoms with van der Waals surface area (Å²) in [6.45, 7) is 5.55. The second-order valence-corrected chi connectivity index (χ2v) is 5.56. The average molecular weight is 250 g/mol. The van der Waals surface area contributed by atoms with Gasteiger partial charge in [-0.05, 0) is 37.3 Å². The van der Waals surface area contributed by atoms with Crippen LogP contribution in [0.15, 0.2) is 22.8 Å². The third-order valence-corrected chi connectivity index (χ3v) is 3.81. The van der Waals surface area contributed by atoms with Gasteiger partial charge in [0.2, 0.25) is 5.91 Å². The van der Waals surface area contributed by atoms with Crippen LogP contribution in [0.4, 0.5) is 0 Å². The molecule has 1 aliphatic carbocycles. The SMILES string of the molecule is CC(NCC1(C)CCC1)C(=O)NCc1ccco1. The van der Waals surface area contributed by atoms with Gasteiger partial charge in [-0.25, -0.2) is 0 Å². The Morgan fingerprint density at radius 3 is 2.89 bits per heavy atom. The van der Waals surface area contributed by atoms with Crippen molar-refractivity contribution in [3.8, 4) is 0 Å². The number of nitrogens with one attached hydrogen (secondary N) is 2. The van der Waals surface area contributed by atoms with Crippen molar-refractivity contribution in [1.82, 2.24) is 10.6 Å². The van der Waals surface area contributed by atoms with Crippen molar-refractivity contribution >= 4 is 5.91 Å². The minimum absolute atomic E-state index is 0.0225. The largest absolute Gasteiger partial charge is 0.467 e. The summed E-state index contributed by atoms with van der Waals surface area (Å²) in [7, 11) is 0. The van der Waals surface area contributed by atoms with Crippen molar-refractivity contribution < 1.29 is 9.21 Å². The second kappa shape index (κ2) is 5.57. The molecular formula is C14H22N2O2. The highest BCUT2D eigenvalue weighted by Gasteiger charge is 2.32. The maximum Gasteiger partial charge on any atom is 0.237 e. The Hall–Kier alpha value is -1.29. The molecule has 0 saturated heterocycles. The van der Waals surface area contributed by atoms with Crippen LogP contribution in [0.25, 0.3) is 0 Å². The fourth-order valence-corrected chi connectivity index (χ4v) is 2.19. The topological polar surface area (TPSA) is 54.3 Å². The number of rotatable bonds is 6. The molecular weight excluding hydrogens is 228 g/mol. The first-order chi connectivity index (χ1) is 8.59. The zero-order chi connectivity index (χ0) is 13.0. The van der Waals surface area contributed by atoms with Crippen LogP contribution in [-0.4, -0.2) is 18.5 Å². The molecule has 1 atom stereocenters. The third-order valence-electron chi connectivity index (χ3n) is 3.81. The molecule has 1 aromatic rings. The summed E-state index contributed by atoms with van der Waals surface area (Å²) in [4.78, 5) is 11.8. The first-order valence-corrected chi connectivity index (χ1v) is 6.63. The van der Waals surface area contributed by atoms with Gasteiger partial charge < -0.3 is 15.1 Å². The smallest absolute Gasteiger partial charge is 0.237 e. The number of furan rings is 1. The van der Waals surface area contributed by atoms with Crippen molar-refractivity contribution in [2.75, 3.05) is 6.54 Å².